The third-order valence-electron chi connectivity index (χ3n) is 2.23. The van der Waals surface area contributed by atoms with Crippen LogP contribution in [0.25, 0.3) is 0 Å². The van der Waals surface area contributed by atoms with E-state index < -0.39 is 37.3 Å². The van der Waals surface area contributed by atoms with E-state index in [9.17, 15) is 21.6 Å². The van der Waals surface area contributed by atoms with Gasteiger partial charge in [-0.1, -0.05) is 6.92 Å². The van der Waals surface area contributed by atoms with E-state index in [4.69, 9.17) is 5.11 Å². The first-order valence-corrected chi connectivity index (χ1v) is 9.10. The van der Waals surface area contributed by atoms with E-state index in [1.165, 1.54) is 0 Å². The molecule has 1 unspecified atom stereocenters. The van der Waals surface area contributed by atoms with Crippen LogP contribution < -0.4 is 4.72 Å². The molecule has 18 heavy (non-hydrogen) atoms. The molecule has 0 fully saturated rings. The summed E-state index contributed by atoms with van der Waals surface area (Å²) in [5, 5.41) is 8.46. The van der Waals surface area contributed by atoms with E-state index in [0.29, 0.717) is 6.42 Å². The van der Waals surface area contributed by atoms with Gasteiger partial charge in [0.15, 0.2) is 0 Å². The first-order valence-electron chi connectivity index (χ1n) is 5.39. The predicted octanol–water partition coefficient (Wildman–Crippen LogP) is -0.549. The first-order chi connectivity index (χ1) is 8.02. The van der Waals surface area contributed by atoms with Crippen LogP contribution in [0.4, 0.5) is 0 Å². The van der Waals surface area contributed by atoms with Crippen LogP contribution in [-0.4, -0.2) is 52.2 Å². The number of hydrogen-bond acceptors (Lipinski definition) is 5. The molecule has 0 saturated heterocycles. The van der Waals surface area contributed by atoms with Gasteiger partial charge in [-0.2, -0.15) is 0 Å². The summed E-state index contributed by atoms with van der Waals surface area (Å²) >= 11 is 0. The Labute approximate surface area is 108 Å². The van der Waals surface area contributed by atoms with Crippen molar-refractivity contribution in [3.63, 3.8) is 0 Å². The minimum atomic E-state index is -3.62. The Morgan fingerprint density at radius 1 is 1.22 bits per heavy atom. The molecule has 0 heterocycles. The van der Waals surface area contributed by atoms with Gasteiger partial charge >= 0.3 is 5.97 Å². The standard InChI is InChI=1S/C9H19NO6S2/c1-8(3-4-9(11)12)7-10-18(15,16)6-5-17(2,13)14/h8,10H,3-7H2,1-2H3,(H,11,12). The van der Waals surface area contributed by atoms with E-state index in [1.54, 1.807) is 6.92 Å². The maximum absolute atomic E-state index is 11.4. The highest BCUT2D eigenvalue weighted by atomic mass is 32.2. The molecule has 0 radical (unpaired) electrons. The zero-order valence-corrected chi connectivity index (χ0v) is 12.1. The van der Waals surface area contributed by atoms with Crippen molar-refractivity contribution in [1.29, 1.82) is 0 Å². The zero-order valence-electron chi connectivity index (χ0n) is 10.4. The van der Waals surface area contributed by atoms with E-state index >= 15 is 0 Å². The summed E-state index contributed by atoms with van der Waals surface area (Å²) in [6.45, 7) is 1.83. The smallest absolute Gasteiger partial charge is 0.303 e. The lowest BCUT2D eigenvalue weighted by Gasteiger charge is -2.11. The Morgan fingerprint density at radius 3 is 2.22 bits per heavy atom. The van der Waals surface area contributed by atoms with Crippen molar-refractivity contribution < 1.29 is 26.7 Å². The molecule has 0 bridgehead atoms. The highest BCUT2D eigenvalue weighted by molar-refractivity contribution is 7.93. The molecule has 2 N–H and O–H groups in total. The summed E-state index contributed by atoms with van der Waals surface area (Å²) in [5.74, 6) is -1.94. The first kappa shape index (κ1) is 17.3. The lowest BCUT2D eigenvalue weighted by Crippen LogP contribution is -2.32. The van der Waals surface area contributed by atoms with Gasteiger partial charge in [0.2, 0.25) is 10.0 Å². The Bertz CT molecular complexity index is 467. The fourth-order valence-corrected chi connectivity index (χ4v) is 3.85. The van der Waals surface area contributed by atoms with Gasteiger partial charge in [0.1, 0.15) is 9.84 Å². The van der Waals surface area contributed by atoms with Crippen molar-refractivity contribution in [3.8, 4) is 0 Å². The minimum Gasteiger partial charge on any atom is -0.481 e. The van der Waals surface area contributed by atoms with Crippen LogP contribution in [0.3, 0.4) is 0 Å². The Balaban J connectivity index is 4.07. The summed E-state index contributed by atoms with van der Waals surface area (Å²) in [7, 11) is -6.94. The lowest BCUT2D eigenvalue weighted by atomic mass is 10.1. The molecule has 0 aromatic carbocycles. The number of carboxylic acids is 1. The summed E-state index contributed by atoms with van der Waals surface area (Å²) in [5.41, 5.74) is 0. The molecule has 0 aromatic heterocycles. The van der Waals surface area contributed by atoms with Gasteiger partial charge in [0.05, 0.1) is 11.5 Å². The third kappa shape index (κ3) is 10.5. The Hall–Kier alpha value is -0.670. The number of rotatable bonds is 9. The number of sulfone groups is 1. The number of aliphatic carboxylic acids is 1. The van der Waals surface area contributed by atoms with Crippen molar-refractivity contribution in [1.82, 2.24) is 4.72 Å². The molecular formula is C9H19NO6S2. The molecule has 0 amide bonds. The summed E-state index contributed by atoms with van der Waals surface area (Å²) in [6, 6.07) is 0. The van der Waals surface area contributed by atoms with Crippen molar-refractivity contribution in [3.05, 3.63) is 0 Å². The Morgan fingerprint density at radius 2 is 1.78 bits per heavy atom. The number of carbonyl (C=O) groups is 1. The van der Waals surface area contributed by atoms with Crippen molar-refractivity contribution in [2.75, 3.05) is 24.3 Å². The third-order valence-corrected chi connectivity index (χ3v) is 4.78. The molecule has 7 nitrogen and oxygen atoms in total. The maximum Gasteiger partial charge on any atom is 0.303 e. The molecule has 0 aliphatic heterocycles. The minimum absolute atomic E-state index is 0.0216. The zero-order chi connectivity index (χ0) is 14.4. The molecule has 0 aromatic rings. The SMILES string of the molecule is CC(CCC(=O)O)CNS(=O)(=O)CCS(C)(=O)=O. The fourth-order valence-electron chi connectivity index (χ4n) is 1.07. The second-order valence-corrected chi connectivity index (χ2v) is 8.52. The van der Waals surface area contributed by atoms with Gasteiger partial charge in [0.25, 0.3) is 0 Å². The molecule has 0 spiro atoms. The van der Waals surface area contributed by atoms with E-state index in [-0.39, 0.29) is 18.9 Å². The number of carboxylic acid groups (broad SMARTS) is 1. The fraction of sp³-hybridized carbons (Fsp3) is 0.889. The number of hydrogen-bond donors (Lipinski definition) is 2. The van der Waals surface area contributed by atoms with Crippen LogP contribution in [0.2, 0.25) is 0 Å². The monoisotopic (exact) mass is 301 g/mol. The molecule has 9 heteroatoms. The van der Waals surface area contributed by atoms with Gasteiger partial charge in [0, 0.05) is 19.2 Å². The summed E-state index contributed by atoms with van der Waals surface area (Å²) in [6.07, 6.45) is 1.31. The van der Waals surface area contributed by atoms with Crippen LogP contribution in [0, 0.1) is 5.92 Å². The molecular weight excluding hydrogens is 282 g/mol. The summed E-state index contributed by atoms with van der Waals surface area (Å²) in [4.78, 5) is 10.3. The van der Waals surface area contributed by atoms with Gasteiger partial charge in [-0.15, -0.1) is 0 Å². The van der Waals surface area contributed by atoms with E-state index in [1.807, 2.05) is 0 Å². The predicted molar refractivity (Wildman–Crippen MR) is 67.5 cm³/mol. The molecule has 0 saturated carbocycles. The van der Waals surface area contributed by atoms with Crippen molar-refractivity contribution >= 4 is 25.8 Å². The van der Waals surface area contributed by atoms with Crippen molar-refractivity contribution in [2.45, 2.75) is 19.8 Å². The number of nitrogens with one attached hydrogen (secondary N) is 1. The second-order valence-electron chi connectivity index (χ2n) is 4.33. The highest BCUT2D eigenvalue weighted by Gasteiger charge is 2.15. The molecule has 0 aliphatic rings. The quantitative estimate of drug-likeness (QED) is 0.590. The van der Waals surface area contributed by atoms with Crippen LogP contribution >= 0.6 is 0 Å². The topological polar surface area (TPSA) is 118 Å². The average molecular weight is 301 g/mol. The van der Waals surface area contributed by atoms with Crippen LogP contribution in [0.5, 0.6) is 0 Å². The van der Waals surface area contributed by atoms with Gasteiger partial charge in [-0.3, -0.25) is 4.79 Å². The number of sulfonamides is 1. The average Bonchev–Trinajstić information content (AvgIpc) is 2.20. The molecule has 0 aliphatic carbocycles. The Kier molecular flexibility index (Phi) is 6.79. The van der Waals surface area contributed by atoms with Gasteiger partial charge < -0.3 is 5.11 Å². The van der Waals surface area contributed by atoms with Crippen molar-refractivity contribution in [2.24, 2.45) is 5.92 Å². The second kappa shape index (κ2) is 7.05. The molecule has 1 atom stereocenters. The summed E-state index contributed by atoms with van der Waals surface area (Å²) < 4.78 is 46.8. The lowest BCUT2D eigenvalue weighted by molar-refractivity contribution is -0.137. The van der Waals surface area contributed by atoms with Crippen LogP contribution in [-0.2, 0) is 24.7 Å². The van der Waals surface area contributed by atoms with E-state index in [0.717, 1.165) is 6.26 Å². The highest BCUT2D eigenvalue weighted by Crippen LogP contribution is 2.04. The van der Waals surface area contributed by atoms with Gasteiger partial charge in [-0.25, -0.2) is 21.6 Å². The normalized spacial score (nSPS) is 14.3. The largest absolute Gasteiger partial charge is 0.481 e. The van der Waals surface area contributed by atoms with Crippen LogP contribution in [0.15, 0.2) is 0 Å². The van der Waals surface area contributed by atoms with Gasteiger partial charge in [-0.05, 0) is 12.3 Å². The maximum atomic E-state index is 11.4. The van der Waals surface area contributed by atoms with E-state index in [2.05, 4.69) is 4.72 Å². The molecule has 108 valence electrons. The molecule has 0 rings (SSSR count). The van der Waals surface area contributed by atoms with Crippen LogP contribution in [0.1, 0.15) is 19.8 Å².